The van der Waals surface area contributed by atoms with Crippen molar-refractivity contribution < 1.29 is 36.9 Å². The molecule has 0 spiro atoms. The van der Waals surface area contributed by atoms with Gasteiger partial charge in [-0.15, -0.1) is 0 Å². The molecule has 2 fully saturated rings. The summed E-state index contributed by atoms with van der Waals surface area (Å²) in [5.41, 5.74) is 1.90. The van der Waals surface area contributed by atoms with Crippen LogP contribution in [0.2, 0.25) is 0 Å². The van der Waals surface area contributed by atoms with Gasteiger partial charge < -0.3 is 23.7 Å². The lowest BCUT2D eigenvalue weighted by molar-refractivity contribution is -0.225. The summed E-state index contributed by atoms with van der Waals surface area (Å²) in [5.74, 6) is -2.46. The van der Waals surface area contributed by atoms with Gasteiger partial charge in [0.25, 0.3) is 0 Å². The van der Waals surface area contributed by atoms with Crippen molar-refractivity contribution in [2.24, 2.45) is 5.92 Å². The maximum Gasteiger partial charge on any atom is 0.305 e. The molecule has 0 saturated carbocycles. The third-order valence-electron chi connectivity index (χ3n) is 6.25. The summed E-state index contributed by atoms with van der Waals surface area (Å²) in [5, 5.41) is 0. The number of aryl methyl sites for hydroxylation is 1. The number of hydrogen-bond acceptors (Lipinski definition) is 8. The Kier molecular flexibility index (Phi) is 7.63. The third-order valence-corrected chi connectivity index (χ3v) is 8.10. The fourth-order valence-electron chi connectivity index (χ4n) is 4.53. The van der Waals surface area contributed by atoms with Crippen LogP contribution in [-0.4, -0.2) is 57.6 Å². The number of rotatable bonds is 9. The molecule has 8 nitrogen and oxygen atoms in total. The van der Waals surface area contributed by atoms with Crippen LogP contribution in [0.3, 0.4) is 0 Å². The summed E-state index contributed by atoms with van der Waals surface area (Å²) >= 11 is 0. The molecule has 190 valence electrons. The fourth-order valence-corrected chi connectivity index (χ4v) is 6.15. The first kappa shape index (κ1) is 25.8. The highest BCUT2D eigenvalue weighted by Crippen LogP contribution is 2.42. The maximum absolute atomic E-state index is 13.3. The number of methoxy groups -OCH3 is 1. The third kappa shape index (κ3) is 6.10. The highest BCUT2D eigenvalue weighted by atomic mass is 32.2. The van der Waals surface area contributed by atoms with Crippen LogP contribution in [0.25, 0.3) is 0 Å². The molecule has 2 aliphatic heterocycles. The summed E-state index contributed by atoms with van der Waals surface area (Å²) in [6, 6.07) is 16.2. The lowest BCUT2D eigenvalue weighted by Gasteiger charge is -2.30. The second-order valence-corrected chi connectivity index (χ2v) is 11.5. The Morgan fingerprint density at radius 3 is 2.40 bits per heavy atom. The molecule has 2 aliphatic rings. The molecule has 2 saturated heterocycles. The van der Waals surface area contributed by atoms with Crippen molar-refractivity contribution in [3.8, 4) is 0 Å². The van der Waals surface area contributed by atoms with Crippen LogP contribution < -0.4 is 0 Å². The van der Waals surface area contributed by atoms with E-state index in [1.54, 1.807) is 38.1 Å². The van der Waals surface area contributed by atoms with Crippen molar-refractivity contribution in [1.29, 1.82) is 0 Å². The van der Waals surface area contributed by atoms with Crippen LogP contribution in [0.1, 0.15) is 31.4 Å². The lowest BCUT2D eigenvalue weighted by Crippen LogP contribution is -2.43. The topological polar surface area (TPSA) is 97.4 Å². The second kappa shape index (κ2) is 10.4. The van der Waals surface area contributed by atoms with Crippen LogP contribution in [-0.2, 0) is 44.9 Å². The first-order valence-corrected chi connectivity index (χ1v) is 13.3. The van der Waals surface area contributed by atoms with Gasteiger partial charge in [-0.1, -0.05) is 48.0 Å². The number of benzene rings is 2. The monoisotopic (exact) mass is 504 g/mol. The number of esters is 1. The smallest absolute Gasteiger partial charge is 0.305 e. The molecule has 35 heavy (non-hydrogen) atoms. The molecule has 2 heterocycles. The average Bonchev–Trinajstić information content (AvgIpc) is 3.29. The van der Waals surface area contributed by atoms with Gasteiger partial charge in [-0.3, -0.25) is 4.79 Å². The minimum Gasteiger partial charge on any atom is -0.469 e. The Hall–Kier alpha value is -2.30. The van der Waals surface area contributed by atoms with E-state index in [0.29, 0.717) is 0 Å². The predicted molar refractivity (Wildman–Crippen MR) is 127 cm³/mol. The van der Waals surface area contributed by atoms with Crippen molar-refractivity contribution >= 4 is 15.8 Å². The molecule has 0 unspecified atom stereocenters. The van der Waals surface area contributed by atoms with Gasteiger partial charge in [-0.25, -0.2) is 8.42 Å². The van der Waals surface area contributed by atoms with Gasteiger partial charge >= 0.3 is 5.97 Å². The molecule has 2 aromatic carbocycles. The zero-order valence-corrected chi connectivity index (χ0v) is 21.2. The van der Waals surface area contributed by atoms with Gasteiger partial charge in [-0.2, -0.15) is 0 Å². The van der Waals surface area contributed by atoms with Crippen LogP contribution in [0.5, 0.6) is 0 Å². The quantitative estimate of drug-likeness (QED) is 0.480. The highest BCUT2D eigenvalue weighted by Gasteiger charge is 2.57. The van der Waals surface area contributed by atoms with Gasteiger partial charge in [0.15, 0.2) is 21.9 Å². The Bertz CT molecular complexity index is 1110. The largest absolute Gasteiger partial charge is 0.469 e. The molecule has 0 radical (unpaired) electrons. The van der Waals surface area contributed by atoms with Gasteiger partial charge in [0.1, 0.15) is 12.2 Å². The second-order valence-electron chi connectivity index (χ2n) is 9.47. The number of carbonyl (C=O) groups is 1. The van der Waals surface area contributed by atoms with E-state index in [0.717, 1.165) is 11.1 Å². The first-order valence-electron chi connectivity index (χ1n) is 11.6. The summed E-state index contributed by atoms with van der Waals surface area (Å²) in [6.45, 7) is 5.73. The number of sulfone groups is 1. The van der Waals surface area contributed by atoms with Crippen LogP contribution in [0.15, 0.2) is 59.5 Å². The van der Waals surface area contributed by atoms with Crippen molar-refractivity contribution in [3.05, 3.63) is 65.7 Å². The molecule has 2 aromatic rings. The molecule has 0 aromatic heterocycles. The Morgan fingerprint density at radius 1 is 1.06 bits per heavy atom. The van der Waals surface area contributed by atoms with Crippen LogP contribution in [0.4, 0.5) is 0 Å². The van der Waals surface area contributed by atoms with Gasteiger partial charge in [0.05, 0.1) is 36.9 Å². The van der Waals surface area contributed by atoms with Crippen molar-refractivity contribution in [1.82, 2.24) is 0 Å². The molecule has 0 N–H and O–H groups in total. The van der Waals surface area contributed by atoms with Gasteiger partial charge in [0.2, 0.25) is 0 Å². The van der Waals surface area contributed by atoms with E-state index in [4.69, 9.17) is 23.7 Å². The Labute approximate surface area is 206 Å². The van der Waals surface area contributed by atoms with Crippen LogP contribution in [0, 0.1) is 12.8 Å². The van der Waals surface area contributed by atoms with Crippen molar-refractivity contribution in [2.45, 2.75) is 69.1 Å². The molecule has 5 atom stereocenters. The predicted octanol–water partition coefficient (Wildman–Crippen LogP) is 3.41. The minimum absolute atomic E-state index is 0.152. The number of ether oxygens (including phenoxy) is 5. The standard InChI is InChI=1S/C26H32O8S/c1-17-10-12-20(13-11-17)35(28,29)16-19(14-21(27)30-4)22-23(31-15-18-8-6-5-7-9-18)24-25(32-22)34-26(2,3)33-24/h5-13,19,22-25H,14-16H2,1-4H3/t19-,22-,23-,24-,25-/m1/s1. The average molecular weight is 505 g/mol. The van der Waals surface area contributed by atoms with E-state index in [2.05, 4.69) is 0 Å². The van der Waals surface area contributed by atoms with E-state index in [1.165, 1.54) is 7.11 Å². The van der Waals surface area contributed by atoms with Crippen LogP contribution >= 0.6 is 0 Å². The molecule has 9 heteroatoms. The van der Waals surface area contributed by atoms with Crippen molar-refractivity contribution in [2.75, 3.05) is 12.9 Å². The summed E-state index contributed by atoms with van der Waals surface area (Å²) in [7, 11) is -2.46. The molecule has 0 aliphatic carbocycles. The van der Waals surface area contributed by atoms with Gasteiger partial charge in [0, 0.05) is 5.92 Å². The normalized spacial score (nSPS) is 26.3. The summed E-state index contributed by atoms with van der Waals surface area (Å²) < 4.78 is 55.9. The Morgan fingerprint density at radius 2 is 1.74 bits per heavy atom. The summed E-state index contributed by atoms with van der Waals surface area (Å²) in [6.07, 6.45) is -2.87. The molecular formula is C26H32O8S. The Balaban J connectivity index is 1.61. The maximum atomic E-state index is 13.3. The van der Waals surface area contributed by atoms with Crippen molar-refractivity contribution in [3.63, 3.8) is 0 Å². The minimum atomic E-state index is -3.73. The van der Waals surface area contributed by atoms with E-state index in [-0.39, 0.29) is 23.7 Å². The molecule has 4 rings (SSSR count). The first-order chi connectivity index (χ1) is 16.6. The molecule has 0 amide bonds. The van der Waals surface area contributed by atoms with E-state index in [1.807, 2.05) is 37.3 Å². The van der Waals surface area contributed by atoms with E-state index < -0.39 is 52.1 Å². The highest BCUT2D eigenvalue weighted by molar-refractivity contribution is 7.91. The summed E-state index contributed by atoms with van der Waals surface area (Å²) in [4.78, 5) is 12.5. The SMILES string of the molecule is COC(=O)C[C@H](CS(=O)(=O)c1ccc(C)cc1)[C@H]1O[C@@H]2OC(C)(C)O[C@@H]2[C@@H]1OCc1ccccc1. The molecular weight excluding hydrogens is 472 g/mol. The van der Waals surface area contributed by atoms with Gasteiger partial charge in [-0.05, 0) is 38.5 Å². The van der Waals surface area contributed by atoms with E-state index >= 15 is 0 Å². The zero-order chi connectivity index (χ0) is 25.2. The van der Waals surface area contributed by atoms with E-state index in [9.17, 15) is 13.2 Å². The zero-order valence-electron chi connectivity index (χ0n) is 20.4. The number of carbonyl (C=O) groups excluding carboxylic acids is 1. The fraction of sp³-hybridized carbons (Fsp3) is 0.500. The number of fused-ring (bicyclic) bond motifs is 1. The number of hydrogen-bond donors (Lipinski definition) is 0. The molecule has 0 bridgehead atoms. The lowest BCUT2D eigenvalue weighted by atomic mass is 9.95.